The number of hydrogen-bond acceptors (Lipinski definition) is 6. The molecule has 1 rings (SSSR count). The molecule has 0 aromatic heterocycles. The predicted molar refractivity (Wildman–Crippen MR) is 47.7 cm³/mol. The van der Waals surface area contributed by atoms with Crippen molar-refractivity contribution >= 4 is 11.8 Å². The van der Waals surface area contributed by atoms with Gasteiger partial charge in [-0.3, -0.25) is 9.59 Å². The number of hydrogen-bond donors (Lipinski definition) is 3. The molecule has 0 saturated heterocycles. The van der Waals surface area contributed by atoms with Crippen LogP contribution in [0, 0.1) is 0 Å². The van der Waals surface area contributed by atoms with Gasteiger partial charge in [-0.2, -0.15) is 0 Å². The van der Waals surface area contributed by atoms with Crippen molar-refractivity contribution in [2.75, 3.05) is 6.61 Å². The summed E-state index contributed by atoms with van der Waals surface area (Å²) in [5.41, 5.74) is 0.0769. The Morgan fingerprint density at radius 1 is 1.40 bits per heavy atom. The van der Waals surface area contributed by atoms with Gasteiger partial charge in [0, 0.05) is 12.5 Å². The maximum absolute atomic E-state index is 11.1. The Kier molecular flexibility index (Phi) is 3.57. The molecule has 0 radical (unpaired) electrons. The molecule has 0 unspecified atom stereocenters. The Labute approximate surface area is 85.8 Å². The van der Waals surface area contributed by atoms with Crippen LogP contribution in [0.2, 0.25) is 0 Å². The van der Waals surface area contributed by atoms with Crippen LogP contribution in [0.15, 0.2) is 11.6 Å². The maximum Gasteiger partial charge on any atom is 0.302 e. The van der Waals surface area contributed by atoms with E-state index in [2.05, 4.69) is 4.74 Å². The van der Waals surface area contributed by atoms with Crippen LogP contribution in [0.5, 0.6) is 0 Å². The minimum atomic E-state index is -1.62. The van der Waals surface area contributed by atoms with Crippen molar-refractivity contribution in [2.24, 2.45) is 0 Å². The van der Waals surface area contributed by atoms with Crippen LogP contribution in [0.25, 0.3) is 0 Å². The first-order chi connectivity index (χ1) is 6.93. The van der Waals surface area contributed by atoms with E-state index in [-0.39, 0.29) is 12.2 Å². The van der Waals surface area contributed by atoms with Crippen molar-refractivity contribution in [2.45, 2.75) is 25.2 Å². The van der Waals surface area contributed by atoms with Crippen molar-refractivity contribution in [3.8, 4) is 0 Å². The average molecular weight is 216 g/mol. The summed E-state index contributed by atoms with van der Waals surface area (Å²) >= 11 is 0. The second-order valence-corrected chi connectivity index (χ2v) is 3.28. The number of ether oxygens (including phenoxy) is 1. The molecule has 3 atom stereocenters. The van der Waals surface area contributed by atoms with Gasteiger partial charge in [-0.15, -0.1) is 0 Å². The summed E-state index contributed by atoms with van der Waals surface area (Å²) in [7, 11) is 0. The molecule has 0 amide bonds. The van der Waals surface area contributed by atoms with Gasteiger partial charge in [-0.1, -0.05) is 0 Å². The van der Waals surface area contributed by atoms with E-state index in [0.29, 0.717) is 0 Å². The zero-order valence-corrected chi connectivity index (χ0v) is 8.08. The molecule has 1 aliphatic carbocycles. The van der Waals surface area contributed by atoms with E-state index >= 15 is 0 Å². The van der Waals surface area contributed by atoms with Gasteiger partial charge in [0.15, 0.2) is 5.78 Å². The van der Waals surface area contributed by atoms with Crippen LogP contribution in [-0.2, 0) is 14.3 Å². The molecular weight excluding hydrogens is 204 g/mol. The first-order valence-electron chi connectivity index (χ1n) is 4.35. The molecule has 0 aliphatic heterocycles. The Hall–Kier alpha value is -1.24. The standard InChI is InChI=1S/C9H12O6/c1-4(10)15-3-5-2-6(11)8(13)9(14)7(5)12/h2,7-9,12-14H,3H2,1H3/t7-,8+,9+/m1/s1. The van der Waals surface area contributed by atoms with Gasteiger partial charge in [-0.25, -0.2) is 0 Å². The highest BCUT2D eigenvalue weighted by Crippen LogP contribution is 2.17. The molecule has 15 heavy (non-hydrogen) atoms. The Morgan fingerprint density at radius 3 is 2.53 bits per heavy atom. The van der Waals surface area contributed by atoms with E-state index in [9.17, 15) is 19.8 Å². The third kappa shape index (κ3) is 2.62. The molecule has 0 heterocycles. The van der Waals surface area contributed by atoms with Gasteiger partial charge in [0.05, 0.1) is 0 Å². The first kappa shape index (κ1) is 11.8. The molecule has 0 fully saturated rings. The van der Waals surface area contributed by atoms with Crippen LogP contribution in [-0.4, -0.2) is 52.0 Å². The molecule has 3 N–H and O–H groups in total. The third-order valence-corrected chi connectivity index (χ3v) is 2.09. The van der Waals surface area contributed by atoms with Gasteiger partial charge in [-0.05, 0) is 6.08 Å². The number of ketones is 1. The Balaban J connectivity index is 2.75. The highest BCUT2D eigenvalue weighted by atomic mass is 16.5. The number of aliphatic hydroxyl groups is 3. The number of rotatable bonds is 2. The van der Waals surface area contributed by atoms with E-state index in [0.717, 1.165) is 6.08 Å². The smallest absolute Gasteiger partial charge is 0.302 e. The summed E-state index contributed by atoms with van der Waals surface area (Å²) in [5.74, 6) is -1.27. The van der Waals surface area contributed by atoms with Crippen molar-refractivity contribution in [1.29, 1.82) is 0 Å². The zero-order chi connectivity index (χ0) is 11.6. The number of carbonyl (C=O) groups excluding carboxylic acids is 2. The largest absolute Gasteiger partial charge is 0.461 e. The van der Waals surface area contributed by atoms with E-state index in [1.54, 1.807) is 0 Å². The number of esters is 1. The van der Waals surface area contributed by atoms with Crippen LogP contribution < -0.4 is 0 Å². The second kappa shape index (κ2) is 4.52. The highest BCUT2D eigenvalue weighted by molar-refractivity contribution is 5.95. The van der Waals surface area contributed by atoms with Gasteiger partial charge >= 0.3 is 5.97 Å². The fourth-order valence-corrected chi connectivity index (χ4v) is 1.23. The summed E-state index contributed by atoms with van der Waals surface area (Å²) < 4.78 is 4.57. The minimum absolute atomic E-state index is 0.0769. The monoisotopic (exact) mass is 216 g/mol. The lowest BCUT2D eigenvalue weighted by Gasteiger charge is -2.27. The summed E-state index contributed by atoms with van der Waals surface area (Å²) in [4.78, 5) is 21.6. The molecule has 84 valence electrons. The molecule has 6 heteroatoms. The van der Waals surface area contributed by atoms with Gasteiger partial charge in [0.1, 0.15) is 24.9 Å². The number of carbonyl (C=O) groups is 2. The lowest BCUT2D eigenvalue weighted by molar-refractivity contribution is -0.142. The van der Waals surface area contributed by atoms with E-state index in [1.165, 1.54) is 6.92 Å². The second-order valence-electron chi connectivity index (χ2n) is 3.28. The quantitative estimate of drug-likeness (QED) is 0.468. The summed E-state index contributed by atoms with van der Waals surface area (Å²) in [6.07, 6.45) is -3.61. The van der Waals surface area contributed by atoms with Gasteiger partial charge < -0.3 is 20.1 Å². The Morgan fingerprint density at radius 2 is 2.00 bits per heavy atom. The normalized spacial score (nSPS) is 31.1. The molecule has 0 bridgehead atoms. The fourth-order valence-electron chi connectivity index (χ4n) is 1.23. The van der Waals surface area contributed by atoms with Gasteiger partial charge in [0.2, 0.25) is 0 Å². The van der Waals surface area contributed by atoms with Crippen LogP contribution in [0.4, 0.5) is 0 Å². The van der Waals surface area contributed by atoms with E-state index < -0.39 is 30.1 Å². The minimum Gasteiger partial charge on any atom is -0.461 e. The lowest BCUT2D eigenvalue weighted by Crippen LogP contribution is -2.47. The van der Waals surface area contributed by atoms with Crippen molar-refractivity contribution in [3.63, 3.8) is 0 Å². The first-order valence-corrected chi connectivity index (χ1v) is 4.35. The molecule has 0 aromatic carbocycles. The van der Waals surface area contributed by atoms with Crippen molar-refractivity contribution in [1.82, 2.24) is 0 Å². The van der Waals surface area contributed by atoms with Crippen molar-refractivity contribution < 1.29 is 29.6 Å². The maximum atomic E-state index is 11.1. The highest BCUT2D eigenvalue weighted by Gasteiger charge is 2.36. The molecule has 6 nitrogen and oxygen atoms in total. The molecule has 0 saturated carbocycles. The van der Waals surface area contributed by atoms with E-state index in [1.807, 2.05) is 0 Å². The SMILES string of the molecule is CC(=O)OCC1=CC(=O)[C@H](O)[C@@H](O)[C@@H]1O. The third-order valence-electron chi connectivity index (χ3n) is 2.09. The molecule has 0 spiro atoms. The summed E-state index contributed by atoms with van der Waals surface area (Å²) in [6, 6.07) is 0. The van der Waals surface area contributed by atoms with Gasteiger partial charge in [0.25, 0.3) is 0 Å². The molecule has 1 aliphatic rings. The summed E-state index contributed by atoms with van der Waals surface area (Å²) in [5, 5.41) is 27.8. The lowest BCUT2D eigenvalue weighted by atomic mass is 9.91. The zero-order valence-electron chi connectivity index (χ0n) is 8.08. The van der Waals surface area contributed by atoms with Crippen LogP contribution in [0.3, 0.4) is 0 Å². The van der Waals surface area contributed by atoms with Crippen LogP contribution >= 0.6 is 0 Å². The van der Waals surface area contributed by atoms with E-state index in [4.69, 9.17) is 5.11 Å². The molecule has 0 aromatic rings. The number of aliphatic hydroxyl groups excluding tert-OH is 3. The Bertz CT molecular complexity index is 308. The average Bonchev–Trinajstić information content (AvgIpc) is 2.18. The fraction of sp³-hybridized carbons (Fsp3) is 0.556. The van der Waals surface area contributed by atoms with Crippen molar-refractivity contribution in [3.05, 3.63) is 11.6 Å². The van der Waals surface area contributed by atoms with Crippen LogP contribution in [0.1, 0.15) is 6.92 Å². The topological polar surface area (TPSA) is 104 Å². The summed E-state index contributed by atoms with van der Waals surface area (Å²) in [6.45, 7) is 0.912. The predicted octanol–water partition coefficient (Wildman–Crippen LogP) is -1.86. The molecular formula is C9H12O6.